The first-order valence-corrected chi connectivity index (χ1v) is 8.32. The molecular formula is C11H12INO4S. The molecule has 0 unspecified atom stereocenters. The summed E-state index contributed by atoms with van der Waals surface area (Å²) in [6, 6.07) is 5.35. The lowest BCUT2D eigenvalue weighted by Crippen LogP contribution is -2.21. The van der Waals surface area contributed by atoms with E-state index in [0.717, 1.165) is 3.57 Å². The smallest absolute Gasteiger partial charge is 0.408 e. The highest BCUT2D eigenvalue weighted by Crippen LogP contribution is 2.16. The van der Waals surface area contributed by atoms with Gasteiger partial charge in [-0.25, -0.2) is 13.2 Å². The summed E-state index contributed by atoms with van der Waals surface area (Å²) in [6.07, 6.45) is 0. The van der Waals surface area contributed by atoms with Crippen molar-refractivity contribution in [1.29, 1.82) is 0 Å². The van der Waals surface area contributed by atoms with E-state index in [1.807, 2.05) is 6.07 Å². The summed E-state index contributed by atoms with van der Waals surface area (Å²) < 4.78 is 30.3. The molecule has 0 saturated heterocycles. The zero-order valence-corrected chi connectivity index (χ0v) is 12.7. The van der Waals surface area contributed by atoms with E-state index in [-0.39, 0.29) is 18.1 Å². The zero-order chi connectivity index (χ0) is 13.3. The summed E-state index contributed by atoms with van der Waals surface area (Å²) in [5.41, 5.74) is 1.12. The van der Waals surface area contributed by atoms with Gasteiger partial charge in [0.25, 0.3) is 0 Å². The second-order valence-corrected chi connectivity index (χ2v) is 7.59. The Morgan fingerprint density at radius 3 is 2.78 bits per heavy atom. The highest BCUT2D eigenvalue weighted by Gasteiger charge is 2.13. The molecule has 0 aliphatic carbocycles. The Bertz CT molecular complexity index is 729. The largest absolute Gasteiger partial charge is 0.419 e. The van der Waals surface area contributed by atoms with Crippen LogP contribution in [0, 0.1) is 3.57 Å². The SMILES string of the molecule is CCS(=O)(=O)CCn1c(=O)oc2ccc(I)cc21. The van der Waals surface area contributed by atoms with Gasteiger partial charge in [-0.2, -0.15) is 0 Å². The number of nitrogens with zero attached hydrogens (tertiary/aromatic N) is 1. The number of fused-ring (bicyclic) bond motifs is 1. The molecule has 2 aromatic rings. The molecule has 0 fully saturated rings. The minimum Gasteiger partial charge on any atom is -0.408 e. The summed E-state index contributed by atoms with van der Waals surface area (Å²) in [5, 5.41) is 0. The van der Waals surface area contributed by atoms with E-state index in [0.29, 0.717) is 11.1 Å². The normalized spacial score (nSPS) is 12.1. The van der Waals surface area contributed by atoms with Crippen molar-refractivity contribution >= 4 is 43.5 Å². The zero-order valence-electron chi connectivity index (χ0n) is 9.72. The maximum Gasteiger partial charge on any atom is 0.419 e. The van der Waals surface area contributed by atoms with Gasteiger partial charge in [-0.3, -0.25) is 4.57 Å². The van der Waals surface area contributed by atoms with Crippen molar-refractivity contribution in [2.45, 2.75) is 13.5 Å². The monoisotopic (exact) mass is 381 g/mol. The Kier molecular flexibility index (Phi) is 3.81. The molecule has 0 aliphatic rings. The van der Waals surface area contributed by atoms with Crippen LogP contribution in [-0.2, 0) is 16.4 Å². The average molecular weight is 381 g/mol. The van der Waals surface area contributed by atoms with Crippen LogP contribution in [0.2, 0.25) is 0 Å². The van der Waals surface area contributed by atoms with Gasteiger partial charge < -0.3 is 4.42 Å². The summed E-state index contributed by atoms with van der Waals surface area (Å²) in [7, 11) is -3.09. The molecule has 5 nitrogen and oxygen atoms in total. The first-order valence-electron chi connectivity index (χ1n) is 5.42. The molecule has 0 spiro atoms. The van der Waals surface area contributed by atoms with Crippen molar-refractivity contribution in [3.8, 4) is 0 Å². The molecule has 0 aliphatic heterocycles. The first-order chi connectivity index (χ1) is 8.43. The Morgan fingerprint density at radius 1 is 1.39 bits per heavy atom. The number of hydrogen-bond acceptors (Lipinski definition) is 4. The summed E-state index contributed by atoms with van der Waals surface area (Å²) in [5.74, 6) is -0.489. The topological polar surface area (TPSA) is 69.3 Å². The van der Waals surface area contributed by atoms with Crippen LogP contribution in [-0.4, -0.2) is 24.5 Å². The van der Waals surface area contributed by atoms with Crippen LogP contribution < -0.4 is 5.76 Å². The fourth-order valence-electron chi connectivity index (χ4n) is 1.62. The lowest BCUT2D eigenvalue weighted by molar-refractivity contribution is 0.511. The number of aromatic nitrogens is 1. The molecule has 0 bridgehead atoms. The first kappa shape index (κ1) is 13.6. The van der Waals surface area contributed by atoms with Crippen LogP contribution in [0.5, 0.6) is 0 Å². The van der Waals surface area contributed by atoms with Crippen molar-refractivity contribution in [3.63, 3.8) is 0 Å². The van der Waals surface area contributed by atoms with E-state index in [1.54, 1.807) is 19.1 Å². The van der Waals surface area contributed by atoms with Gasteiger partial charge in [0.2, 0.25) is 0 Å². The van der Waals surface area contributed by atoms with Gasteiger partial charge in [0.05, 0.1) is 11.3 Å². The van der Waals surface area contributed by atoms with Gasteiger partial charge in [-0.1, -0.05) is 6.92 Å². The number of aryl methyl sites for hydroxylation is 1. The second-order valence-electron chi connectivity index (χ2n) is 3.87. The van der Waals surface area contributed by atoms with Crippen LogP contribution in [0.25, 0.3) is 11.1 Å². The van der Waals surface area contributed by atoms with Gasteiger partial charge in [-0.05, 0) is 40.8 Å². The predicted molar refractivity (Wildman–Crippen MR) is 77.5 cm³/mol. The summed E-state index contributed by atoms with van der Waals surface area (Å²) >= 11 is 2.13. The third kappa shape index (κ3) is 2.77. The molecule has 7 heteroatoms. The quantitative estimate of drug-likeness (QED) is 0.756. The third-order valence-electron chi connectivity index (χ3n) is 2.70. The van der Waals surface area contributed by atoms with Crippen molar-refractivity contribution in [1.82, 2.24) is 4.57 Å². The fourth-order valence-corrected chi connectivity index (χ4v) is 2.85. The number of halogens is 1. The van der Waals surface area contributed by atoms with Crippen LogP contribution in [0.3, 0.4) is 0 Å². The van der Waals surface area contributed by atoms with Crippen LogP contribution in [0.1, 0.15) is 6.92 Å². The lowest BCUT2D eigenvalue weighted by Gasteiger charge is -2.02. The molecule has 1 aromatic carbocycles. The van der Waals surface area contributed by atoms with Crippen LogP contribution in [0.4, 0.5) is 0 Å². The Hall–Kier alpha value is -0.830. The Morgan fingerprint density at radius 2 is 2.11 bits per heavy atom. The fraction of sp³-hybridized carbons (Fsp3) is 0.364. The molecule has 0 N–H and O–H groups in total. The molecule has 0 radical (unpaired) electrons. The van der Waals surface area contributed by atoms with E-state index in [9.17, 15) is 13.2 Å². The number of oxazole rings is 1. The van der Waals surface area contributed by atoms with Crippen molar-refractivity contribution in [2.24, 2.45) is 0 Å². The van der Waals surface area contributed by atoms with Crippen molar-refractivity contribution < 1.29 is 12.8 Å². The second kappa shape index (κ2) is 5.04. The average Bonchev–Trinajstić information content (AvgIpc) is 2.62. The van der Waals surface area contributed by atoms with E-state index >= 15 is 0 Å². The minimum absolute atomic E-state index is 0.0521. The molecule has 18 heavy (non-hydrogen) atoms. The van der Waals surface area contributed by atoms with Crippen LogP contribution >= 0.6 is 22.6 Å². The lowest BCUT2D eigenvalue weighted by atomic mass is 10.3. The third-order valence-corrected chi connectivity index (χ3v) is 5.05. The highest BCUT2D eigenvalue weighted by molar-refractivity contribution is 14.1. The van der Waals surface area contributed by atoms with Gasteiger partial charge in [-0.15, -0.1) is 0 Å². The number of sulfone groups is 1. The van der Waals surface area contributed by atoms with Crippen molar-refractivity contribution in [2.75, 3.05) is 11.5 Å². The molecular weight excluding hydrogens is 369 g/mol. The van der Waals surface area contributed by atoms with Gasteiger partial charge >= 0.3 is 5.76 Å². The predicted octanol–water partition coefficient (Wildman–Crippen LogP) is 1.63. The molecule has 98 valence electrons. The van der Waals surface area contributed by atoms with E-state index in [4.69, 9.17) is 4.42 Å². The number of hydrogen-bond donors (Lipinski definition) is 0. The molecule has 0 amide bonds. The maximum atomic E-state index is 11.7. The Balaban J connectivity index is 2.42. The Labute approximate surface area is 118 Å². The summed E-state index contributed by atoms with van der Waals surface area (Å²) in [6.45, 7) is 1.72. The van der Waals surface area contributed by atoms with E-state index in [1.165, 1.54) is 4.57 Å². The maximum absolute atomic E-state index is 11.7. The van der Waals surface area contributed by atoms with E-state index < -0.39 is 15.6 Å². The summed E-state index contributed by atoms with van der Waals surface area (Å²) in [4.78, 5) is 11.7. The molecule has 0 atom stereocenters. The van der Waals surface area contributed by atoms with E-state index in [2.05, 4.69) is 22.6 Å². The van der Waals surface area contributed by atoms with Crippen LogP contribution in [0.15, 0.2) is 27.4 Å². The van der Waals surface area contributed by atoms with Gasteiger partial charge in [0, 0.05) is 15.9 Å². The molecule has 0 saturated carbocycles. The number of rotatable bonds is 4. The minimum atomic E-state index is -3.09. The number of benzene rings is 1. The van der Waals surface area contributed by atoms with Gasteiger partial charge in [0.15, 0.2) is 15.4 Å². The van der Waals surface area contributed by atoms with Crippen molar-refractivity contribution in [3.05, 3.63) is 32.3 Å². The highest BCUT2D eigenvalue weighted by atomic mass is 127. The molecule has 1 aromatic heterocycles. The molecule has 1 heterocycles. The van der Waals surface area contributed by atoms with Gasteiger partial charge in [0.1, 0.15) is 0 Å². The molecule has 2 rings (SSSR count). The standard InChI is InChI=1S/C11H12INO4S/c1-2-18(15,16)6-5-13-9-7-8(12)3-4-10(9)17-11(13)14/h3-4,7H,2,5-6H2,1H3.